The highest BCUT2D eigenvalue weighted by atomic mass is 28.4. The number of hydrogen-bond donors (Lipinski definition) is 0. The standard InChI is InChI=1S/C13H36O3Si4.C8H24OSi3/c1-8-17-11-18(14-4)12-20(15-5,16-6)13-19(7,9-2)10-3;1-9-12(6,7-10(2)3)8-11(4)5/h18H,8-13,17H2,1-7H3;10-11H,7-8H2,1-6H3. The van der Waals surface area contributed by atoms with Gasteiger partial charge in [0.15, 0.2) is 17.4 Å². The van der Waals surface area contributed by atoms with Crippen molar-refractivity contribution in [1.82, 2.24) is 0 Å². The van der Waals surface area contributed by atoms with Crippen LogP contribution in [0.25, 0.3) is 0 Å². The van der Waals surface area contributed by atoms with Gasteiger partial charge in [-0.1, -0.05) is 71.6 Å². The molecule has 0 heterocycles. The van der Waals surface area contributed by atoms with Gasteiger partial charge in [0.05, 0.1) is 8.07 Å². The Morgan fingerprint density at radius 3 is 1.47 bits per heavy atom. The molecule has 196 valence electrons. The van der Waals surface area contributed by atoms with Crippen LogP contribution in [0.5, 0.6) is 0 Å². The molecule has 0 aromatic rings. The molecule has 0 aromatic heterocycles. The predicted molar refractivity (Wildman–Crippen MR) is 166 cm³/mol. The van der Waals surface area contributed by atoms with Crippen LogP contribution in [0.4, 0.5) is 0 Å². The van der Waals surface area contributed by atoms with Gasteiger partial charge < -0.3 is 17.7 Å². The molecule has 0 aliphatic heterocycles. The zero-order chi connectivity index (χ0) is 25.4. The molecule has 0 radical (unpaired) electrons. The molecule has 0 amide bonds. The van der Waals surface area contributed by atoms with Crippen molar-refractivity contribution in [2.75, 3.05) is 28.4 Å². The Labute approximate surface area is 213 Å². The minimum Gasteiger partial charge on any atom is -0.424 e. The van der Waals surface area contributed by atoms with Gasteiger partial charge in [0.1, 0.15) is 0 Å². The lowest BCUT2D eigenvalue weighted by molar-refractivity contribution is 0.249. The van der Waals surface area contributed by atoms with Crippen molar-refractivity contribution < 1.29 is 17.7 Å². The third-order valence-corrected chi connectivity index (χ3v) is 41.9. The van der Waals surface area contributed by atoms with Crippen LogP contribution in [0.1, 0.15) is 20.8 Å². The van der Waals surface area contributed by atoms with Crippen molar-refractivity contribution in [3.05, 3.63) is 0 Å². The summed E-state index contributed by atoms with van der Waals surface area (Å²) >= 11 is 0. The Hall–Kier alpha value is 1.36. The van der Waals surface area contributed by atoms with Gasteiger partial charge in [0, 0.05) is 61.2 Å². The molecule has 1 unspecified atom stereocenters. The van der Waals surface area contributed by atoms with Crippen LogP contribution in [0, 0.1) is 0 Å². The summed E-state index contributed by atoms with van der Waals surface area (Å²) in [6, 6.07) is 4.04. The largest absolute Gasteiger partial charge is 0.424 e. The zero-order valence-corrected chi connectivity index (χ0v) is 32.1. The lowest BCUT2D eigenvalue weighted by Gasteiger charge is -2.37. The van der Waals surface area contributed by atoms with E-state index in [4.69, 9.17) is 17.7 Å². The second-order valence-corrected chi connectivity index (χ2v) is 39.7. The van der Waals surface area contributed by atoms with Crippen molar-refractivity contribution in [3.8, 4) is 0 Å². The molecule has 0 spiro atoms. The van der Waals surface area contributed by atoms with Crippen molar-refractivity contribution in [2.45, 2.75) is 107 Å². The minimum atomic E-state index is -2.03. The molecule has 0 N–H and O–H groups in total. The molecule has 0 aliphatic rings. The summed E-state index contributed by atoms with van der Waals surface area (Å²) in [6.07, 6.45) is 0. The van der Waals surface area contributed by atoms with Crippen LogP contribution < -0.4 is 0 Å². The fraction of sp³-hybridized carbons (Fsp3) is 1.00. The molecule has 0 saturated carbocycles. The second kappa shape index (κ2) is 18.6. The van der Waals surface area contributed by atoms with E-state index in [0.717, 1.165) is 5.67 Å². The monoisotopic (exact) mass is 572 g/mol. The summed E-state index contributed by atoms with van der Waals surface area (Å²) in [5.41, 5.74) is 6.71. The van der Waals surface area contributed by atoms with Gasteiger partial charge in [-0.15, -0.1) is 0 Å². The summed E-state index contributed by atoms with van der Waals surface area (Å²) < 4.78 is 23.7. The second-order valence-electron chi connectivity index (χ2n) is 11.1. The molecule has 11 heteroatoms. The number of hydrogen-bond acceptors (Lipinski definition) is 4. The van der Waals surface area contributed by atoms with E-state index in [-0.39, 0.29) is 9.52 Å². The first-order chi connectivity index (χ1) is 14.8. The van der Waals surface area contributed by atoms with Gasteiger partial charge >= 0.3 is 8.56 Å². The smallest absolute Gasteiger partial charge is 0.334 e. The Balaban J connectivity index is 0. The molecule has 0 aliphatic carbocycles. The summed E-state index contributed by atoms with van der Waals surface area (Å²) in [5.74, 6) is 0. The van der Waals surface area contributed by atoms with E-state index in [1.54, 1.807) is 0 Å². The average molecular weight is 573 g/mol. The highest BCUT2D eigenvalue weighted by Crippen LogP contribution is 2.31. The third-order valence-electron chi connectivity index (χ3n) is 7.07. The Morgan fingerprint density at radius 2 is 1.19 bits per heavy atom. The van der Waals surface area contributed by atoms with Crippen LogP contribution in [0.2, 0.25) is 85.8 Å². The molecule has 0 rings (SSSR count). The van der Waals surface area contributed by atoms with Crippen LogP contribution in [0.3, 0.4) is 0 Å². The summed E-state index contributed by atoms with van der Waals surface area (Å²) in [6.45, 7) is 21.7. The molecule has 1 atom stereocenters. The highest BCUT2D eigenvalue weighted by molar-refractivity contribution is 6.95. The van der Waals surface area contributed by atoms with E-state index in [1.165, 1.54) is 40.8 Å². The lowest BCUT2D eigenvalue weighted by atomic mass is 10.9. The van der Waals surface area contributed by atoms with E-state index >= 15 is 0 Å². The molecule has 0 fully saturated rings. The van der Waals surface area contributed by atoms with E-state index < -0.39 is 51.6 Å². The molecule has 32 heavy (non-hydrogen) atoms. The van der Waals surface area contributed by atoms with Crippen molar-refractivity contribution in [3.63, 3.8) is 0 Å². The molecular weight excluding hydrogens is 513 g/mol. The zero-order valence-electron chi connectivity index (χ0n) is 24.2. The van der Waals surface area contributed by atoms with Crippen LogP contribution >= 0.6 is 0 Å². The first-order valence-electron chi connectivity index (χ1n) is 13.0. The lowest BCUT2D eigenvalue weighted by Crippen LogP contribution is -2.51. The van der Waals surface area contributed by atoms with Gasteiger partial charge in [-0.3, -0.25) is 0 Å². The van der Waals surface area contributed by atoms with Gasteiger partial charge in [-0.25, -0.2) is 0 Å². The quantitative estimate of drug-likeness (QED) is 0.227. The highest BCUT2D eigenvalue weighted by Gasteiger charge is 2.44. The summed E-state index contributed by atoms with van der Waals surface area (Å²) in [4.78, 5) is 0. The summed E-state index contributed by atoms with van der Waals surface area (Å²) in [5, 5.41) is 0. The molecule has 0 bridgehead atoms. The Bertz CT molecular complexity index is 438. The summed E-state index contributed by atoms with van der Waals surface area (Å²) in [7, 11) is 1.27. The van der Waals surface area contributed by atoms with E-state index in [1.807, 2.05) is 28.4 Å². The van der Waals surface area contributed by atoms with Crippen molar-refractivity contribution in [2.24, 2.45) is 0 Å². The molecular formula is C21H60O4Si7. The maximum absolute atomic E-state index is 6.02. The van der Waals surface area contributed by atoms with Gasteiger partial charge in [0.25, 0.3) is 0 Å². The maximum Gasteiger partial charge on any atom is 0.334 e. The fourth-order valence-corrected chi connectivity index (χ4v) is 44.7. The number of rotatable bonds is 17. The normalized spacial score (nSPS) is 14.3. The third kappa shape index (κ3) is 15.4. The van der Waals surface area contributed by atoms with E-state index in [9.17, 15) is 0 Å². The Kier molecular flexibility index (Phi) is 20.6. The average Bonchev–Trinajstić information content (AvgIpc) is 2.75. The predicted octanol–water partition coefficient (Wildman–Crippen LogP) is 5.11. The SMILES string of the molecule is CC[SiH2]C[SiH](C[Si](C[Si](C)(CC)CC)(OC)OC)OC.CO[Si](C)(C[SiH](C)C)C[SiH](C)C. The topological polar surface area (TPSA) is 36.9 Å². The first-order valence-corrected chi connectivity index (χ1v) is 31.6. The minimum absolute atomic E-state index is 0.0859. The van der Waals surface area contributed by atoms with Crippen LogP contribution in [-0.4, -0.2) is 89.5 Å². The van der Waals surface area contributed by atoms with Gasteiger partial charge in [0.2, 0.25) is 0 Å². The maximum atomic E-state index is 6.02. The van der Waals surface area contributed by atoms with E-state index in [2.05, 4.69) is 60.1 Å². The van der Waals surface area contributed by atoms with Gasteiger partial charge in [-0.2, -0.15) is 0 Å². The Morgan fingerprint density at radius 1 is 0.719 bits per heavy atom. The molecule has 0 aromatic carbocycles. The van der Waals surface area contributed by atoms with Crippen LogP contribution in [-0.2, 0) is 17.7 Å². The van der Waals surface area contributed by atoms with Gasteiger partial charge in [-0.05, 0) is 29.2 Å². The van der Waals surface area contributed by atoms with Crippen molar-refractivity contribution >= 4 is 61.1 Å². The van der Waals surface area contributed by atoms with Crippen molar-refractivity contribution in [1.29, 1.82) is 0 Å². The molecule has 0 saturated heterocycles. The molecule has 4 nitrogen and oxygen atoms in total. The first kappa shape index (κ1) is 35.5. The van der Waals surface area contributed by atoms with E-state index in [0.29, 0.717) is 0 Å². The van der Waals surface area contributed by atoms with Crippen LogP contribution in [0.15, 0.2) is 0 Å². The fourth-order valence-electron chi connectivity index (χ4n) is 4.68.